The molecule has 11 nitrogen and oxygen atoms in total. The second-order valence-electron chi connectivity index (χ2n) is 11.5. The Bertz CT molecular complexity index is 1640. The van der Waals surface area contributed by atoms with Gasteiger partial charge in [-0.3, -0.25) is 19.3 Å². The number of hydrogen-bond acceptors (Lipinski definition) is 10. The summed E-state index contributed by atoms with van der Waals surface area (Å²) in [6.45, 7) is 3.18. The van der Waals surface area contributed by atoms with E-state index in [2.05, 4.69) is 0 Å². The van der Waals surface area contributed by atoms with Crippen LogP contribution in [0.1, 0.15) is 42.0 Å². The summed E-state index contributed by atoms with van der Waals surface area (Å²) in [5.41, 5.74) is 0.633. The number of benzene rings is 2. The van der Waals surface area contributed by atoms with Crippen LogP contribution in [0.15, 0.2) is 53.3 Å². The standard InChI is InChI=1S/C31H32N2O9/c1-13-17-12-9-15(8-5-14-6-10-16(34)11-7-14)23(35)18(17)24(36)21-28(40)31(42)20(27(39)30(13,21)2)22(33(3)4)25(37)19(26(31)38)29(32)41/h5-13,20,22,27,34-36,38-39,42H,1-4H3,(H2,32,41)/b8-5+/t13-,20+,22-,27+,30+,31+/m1/s1. The highest BCUT2D eigenvalue weighted by atomic mass is 16.4. The molecule has 1 saturated carbocycles. The molecule has 0 spiro atoms. The number of phenols is 2. The molecule has 42 heavy (non-hydrogen) atoms. The Labute approximate surface area is 241 Å². The van der Waals surface area contributed by atoms with Crippen molar-refractivity contribution in [3.8, 4) is 11.5 Å². The van der Waals surface area contributed by atoms with Gasteiger partial charge in [0.1, 0.15) is 28.6 Å². The average molecular weight is 577 g/mol. The van der Waals surface area contributed by atoms with E-state index in [9.17, 15) is 45.0 Å². The van der Waals surface area contributed by atoms with Crippen LogP contribution in [0.25, 0.3) is 17.9 Å². The lowest BCUT2D eigenvalue weighted by Gasteiger charge is -2.58. The normalized spacial score (nSPS) is 30.9. The Morgan fingerprint density at radius 2 is 1.62 bits per heavy atom. The molecule has 0 aromatic heterocycles. The average Bonchev–Trinajstić information content (AvgIpc) is 2.92. The van der Waals surface area contributed by atoms with E-state index < -0.39 is 75.1 Å². The molecule has 0 bridgehead atoms. The zero-order valence-corrected chi connectivity index (χ0v) is 23.4. The largest absolute Gasteiger partial charge is 0.508 e. The van der Waals surface area contributed by atoms with Crippen LogP contribution >= 0.6 is 0 Å². The van der Waals surface area contributed by atoms with Crippen LogP contribution in [-0.4, -0.2) is 84.9 Å². The monoisotopic (exact) mass is 576 g/mol. The molecule has 0 saturated heterocycles. The van der Waals surface area contributed by atoms with Crippen LogP contribution in [0.4, 0.5) is 0 Å². The van der Waals surface area contributed by atoms with Crippen molar-refractivity contribution in [2.24, 2.45) is 17.1 Å². The number of amides is 1. The maximum Gasteiger partial charge on any atom is 0.255 e. The number of nitrogens with two attached hydrogens (primary N) is 1. The van der Waals surface area contributed by atoms with Crippen molar-refractivity contribution in [3.63, 3.8) is 0 Å². The molecule has 0 aliphatic heterocycles. The molecule has 3 aliphatic carbocycles. The minimum atomic E-state index is -2.99. The third kappa shape index (κ3) is 3.67. The predicted octanol–water partition coefficient (Wildman–Crippen LogP) is 1.76. The number of fused-ring (bicyclic) bond motifs is 3. The molecule has 0 heterocycles. The van der Waals surface area contributed by atoms with E-state index in [1.165, 1.54) is 38.1 Å². The van der Waals surface area contributed by atoms with Gasteiger partial charge in [-0.2, -0.15) is 0 Å². The molecule has 2 aromatic rings. The molecule has 11 heteroatoms. The number of carbonyl (C=O) groups is 3. The van der Waals surface area contributed by atoms with E-state index >= 15 is 0 Å². The molecule has 8 N–H and O–H groups in total. The van der Waals surface area contributed by atoms with Crippen LogP contribution in [0.3, 0.4) is 0 Å². The number of aliphatic hydroxyl groups excluding tert-OH is 3. The molecule has 3 aliphatic rings. The number of hydrogen-bond donors (Lipinski definition) is 7. The highest BCUT2D eigenvalue weighted by Crippen LogP contribution is 2.62. The number of likely N-dealkylation sites (N-methyl/N-ethyl adjacent to an activating group) is 1. The Balaban J connectivity index is 1.74. The summed E-state index contributed by atoms with van der Waals surface area (Å²) in [5.74, 6) is -8.23. The van der Waals surface area contributed by atoms with Gasteiger partial charge in [0.2, 0.25) is 5.78 Å². The Morgan fingerprint density at radius 1 is 1.00 bits per heavy atom. The Morgan fingerprint density at radius 3 is 2.19 bits per heavy atom. The summed E-state index contributed by atoms with van der Waals surface area (Å²) in [6.07, 6.45) is 1.53. The lowest BCUT2D eigenvalue weighted by molar-refractivity contribution is -0.178. The van der Waals surface area contributed by atoms with Crippen molar-refractivity contribution >= 4 is 35.4 Å². The van der Waals surface area contributed by atoms with E-state index in [-0.39, 0.29) is 22.6 Å². The zero-order valence-electron chi connectivity index (χ0n) is 23.4. The van der Waals surface area contributed by atoms with Gasteiger partial charge in [0.15, 0.2) is 11.4 Å². The first-order valence-corrected chi connectivity index (χ1v) is 13.3. The van der Waals surface area contributed by atoms with Gasteiger partial charge in [-0.25, -0.2) is 0 Å². The summed E-state index contributed by atoms with van der Waals surface area (Å²) >= 11 is 0. The van der Waals surface area contributed by atoms with Crippen molar-refractivity contribution in [2.45, 2.75) is 37.5 Å². The van der Waals surface area contributed by atoms with E-state index in [4.69, 9.17) is 5.73 Å². The SMILES string of the molecule is C[C@@H]1c2ccc(/C=C/c3ccc(O)cc3)c(O)c2C(O)=C2C(=O)[C@@]3(O)C(O)=C(C(N)=O)C(=O)[C@H](N(C)C)[C@H]3[C@H](O)[C@]21C. The second kappa shape index (κ2) is 9.55. The van der Waals surface area contributed by atoms with Crippen LogP contribution in [0.5, 0.6) is 11.5 Å². The number of nitrogens with zero attached hydrogens (tertiary/aromatic N) is 1. The number of ketones is 2. The first-order valence-electron chi connectivity index (χ1n) is 13.3. The zero-order chi connectivity index (χ0) is 31.0. The van der Waals surface area contributed by atoms with Gasteiger partial charge >= 0.3 is 0 Å². The van der Waals surface area contributed by atoms with Crippen molar-refractivity contribution in [1.82, 2.24) is 4.90 Å². The van der Waals surface area contributed by atoms with Crippen molar-refractivity contribution in [2.75, 3.05) is 14.1 Å². The number of phenolic OH excluding ortho intramolecular Hbond substituents is 2. The molecule has 0 radical (unpaired) electrons. The summed E-state index contributed by atoms with van der Waals surface area (Å²) in [5, 5.41) is 67.2. The van der Waals surface area contributed by atoms with Gasteiger partial charge < -0.3 is 36.4 Å². The molecule has 220 valence electrons. The number of aromatic hydroxyl groups is 2. The lowest BCUT2D eigenvalue weighted by atomic mass is 9.48. The van der Waals surface area contributed by atoms with Crippen LogP contribution in [0, 0.1) is 11.3 Å². The third-order valence-corrected chi connectivity index (χ3v) is 9.23. The number of rotatable bonds is 4. The molecule has 2 aromatic carbocycles. The summed E-state index contributed by atoms with van der Waals surface area (Å²) in [4.78, 5) is 41.1. The highest BCUT2D eigenvalue weighted by Gasteiger charge is 2.71. The molecule has 5 rings (SSSR count). The molecule has 6 atom stereocenters. The van der Waals surface area contributed by atoms with Crippen LogP contribution in [0.2, 0.25) is 0 Å². The maximum atomic E-state index is 14.2. The van der Waals surface area contributed by atoms with Gasteiger partial charge in [-0.05, 0) is 43.3 Å². The van der Waals surface area contributed by atoms with Crippen molar-refractivity contribution in [3.05, 3.63) is 75.6 Å². The summed E-state index contributed by atoms with van der Waals surface area (Å²) in [6, 6.07) is 8.13. The van der Waals surface area contributed by atoms with E-state index in [0.29, 0.717) is 11.1 Å². The fraction of sp³-hybridized carbons (Fsp3) is 0.323. The van der Waals surface area contributed by atoms with Gasteiger partial charge in [0.05, 0.1) is 29.2 Å². The fourth-order valence-corrected chi connectivity index (χ4v) is 6.84. The minimum absolute atomic E-state index is 0.0867. The van der Waals surface area contributed by atoms with E-state index in [1.807, 2.05) is 0 Å². The Kier molecular flexibility index (Phi) is 6.61. The van der Waals surface area contributed by atoms with Gasteiger partial charge in [0, 0.05) is 11.0 Å². The summed E-state index contributed by atoms with van der Waals surface area (Å²) in [7, 11) is 2.91. The smallest absolute Gasteiger partial charge is 0.255 e. The quantitative estimate of drug-likeness (QED) is 0.208. The topological polar surface area (TPSA) is 202 Å². The predicted molar refractivity (Wildman–Crippen MR) is 152 cm³/mol. The molecule has 1 fully saturated rings. The van der Waals surface area contributed by atoms with Gasteiger partial charge in [0.25, 0.3) is 5.91 Å². The summed E-state index contributed by atoms with van der Waals surface area (Å²) < 4.78 is 0. The number of primary amides is 1. The fourth-order valence-electron chi connectivity index (χ4n) is 6.84. The maximum absolute atomic E-state index is 14.2. The molecular weight excluding hydrogens is 544 g/mol. The van der Waals surface area contributed by atoms with E-state index in [1.54, 1.807) is 43.3 Å². The van der Waals surface area contributed by atoms with Gasteiger partial charge in [-0.15, -0.1) is 0 Å². The number of Topliss-reactive ketones (excluding diaryl/α,β-unsaturated/α-hetero) is 2. The second-order valence-corrected chi connectivity index (χ2v) is 11.5. The molecular formula is C31H32N2O9. The Hall–Kier alpha value is -4.45. The molecule has 1 amide bonds. The first-order chi connectivity index (χ1) is 19.6. The minimum Gasteiger partial charge on any atom is -0.508 e. The number of carbonyl (C=O) groups excluding carboxylic acids is 3. The number of aliphatic hydroxyl groups is 4. The first kappa shape index (κ1) is 29.1. The van der Waals surface area contributed by atoms with Gasteiger partial charge in [-0.1, -0.05) is 50.3 Å². The highest BCUT2D eigenvalue weighted by molar-refractivity contribution is 6.24. The van der Waals surface area contributed by atoms with Crippen molar-refractivity contribution in [1.29, 1.82) is 0 Å². The third-order valence-electron chi connectivity index (χ3n) is 9.23. The lowest BCUT2D eigenvalue weighted by Crippen LogP contribution is -2.72. The van der Waals surface area contributed by atoms with E-state index in [0.717, 1.165) is 0 Å². The van der Waals surface area contributed by atoms with Crippen LogP contribution < -0.4 is 5.73 Å². The van der Waals surface area contributed by atoms with Crippen LogP contribution in [-0.2, 0) is 14.4 Å². The van der Waals surface area contributed by atoms with Crippen molar-refractivity contribution < 1.29 is 45.0 Å². The molecule has 0 unspecified atom stereocenters.